The van der Waals surface area contributed by atoms with Crippen molar-refractivity contribution in [1.29, 1.82) is 0 Å². The van der Waals surface area contributed by atoms with Crippen LogP contribution in [0.1, 0.15) is 92.1 Å². The summed E-state index contributed by atoms with van der Waals surface area (Å²) >= 11 is 0. The minimum absolute atomic E-state index is 0.0538. The zero-order chi connectivity index (χ0) is 29.7. The van der Waals surface area contributed by atoms with Crippen LogP contribution >= 0.6 is 0 Å². The highest BCUT2D eigenvalue weighted by Crippen LogP contribution is 2.76. The zero-order valence-electron chi connectivity index (χ0n) is 25.3. The van der Waals surface area contributed by atoms with Crippen LogP contribution in [-0.2, 0) is 28.6 Å². The Hall–Kier alpha value is -2.45. The molecule has 1 aliphatic heterocycles. The first-order chi connectivity index (χ1) is 19.2. The summed E-state index contributed by atoms with van der Waals surface area (Å²) in [7, 11) is 0. The molecule has 8 heteroatoms. The Morgan fingerprint density at radius 2 is 1.90 bits per heavy atom. The van der Waals surface area contributed by atoms with Crippen molar-refractivity contribution >= 4 is 17.7 Å². The van der Waals surface area contributed by atoms with Gasteiger partial charge in [0.15, 0.2) is 12.2 Å². The van der Waals surface area contributed by atoms with E-state index in [2.05, 4.69) is 26.8 Å². The second-order valence-corrected chi connectivity index (χ2v) is 14.2. The van der Waals surface area contributed by atoms with Gasteiger partial charge >= 0.3 is 11.9 Å². The van der Waals surface area contributed by atoms with Gasteiger partial charge in [0.05, 0.1) is 30.0 Å². The van der Waals surface area contributed by atoms with Gasteiger partial charge in [0.25, 0.3) is 0 Å². The third-order valence-electron chi connectivity index (χ3n) is 11.8. The number of hydrogen-bond donors (Lipinski definition) is 1. The van der Waals surface area contributed by atoms with Gasteiger partial charge in [-0.15, -0.1) is 0 Å². The summed E-state index contributed by atoms with van der Waals surface area (Å²) < 4.78 is 24.4. The zero-order valence-corrected chi connectivity index (χ0v) is 25.3. The standard InChI is InChI=1S/C33H44O8/c1-8-18(4)29(36)40-28-27(39-19(5)34)32-16-33(28,37)41-23-14-30(6)21(20-11-12-38-15-20)9-10-24(30)31(7,26(23)32)25(35)13-22(32)17(2)3/h10-12,15,17-18,21-23,26-28,37H,8-9,13-14,16H2,1-7H3/t18-,21+,22+,23?,26?,27+,28+,30+,31-,32+,33-/m1/s1. The van der Waals surface area contributed by atoms with E-state index in [1.165, 1.54) is 6.92 Å². The summed E-state index contributed by atoms with van der Waals surface area (Å²) in [6.45, 7) is 13.4. The maximum Gasteiger partial charge on any atom is 0.309 e. The van der Waals surface area contributed by atoms with Crippen LogP contribution in [0.25, 0.3) is 0 Å². The molecule has 224 valence electrons. The summed E-state index contributed by atoms with van der Waals surface area (Å²) in [5.74, 6) is -3.45. The molecule has 0 radical (unpaired) electrons. The van der Waals surface area contributed by atoms with Crippen molar-refractivity contribution in [2.24, 2.45) is 39.9 Å². The van der Waals surface area contributed by atoms with Crippen LogP contribution in [0.15, 0.2) is 34.7 Å². The molecule has 1 aromatic rings. The van der Waals surface area contributed by atoms with Gasteiger partial charge in [-0.05, 0) is 61.0 Å². The molecule has 0 amide bonds. The second kappa shape index (κ2) is 9.27. The monoisotopic (exact) mass is 568 g/mol. The molecule has 4 fully saturated rings. The third-order valence-corrected chi connectivity index (χ3v) is 11.8. The predicted molar refractivity (Wildman–Crippen MR) is 148 cm³/mol. The van der Waals surface area contributed by atoms with Crippen LogP contribution in [0.3, 0.4) is 0 Å². The second-order valence-electron chi connectivity index (χ2n) is 14.2. The number of Topliss-reactive ketones (excluding diaryl/α,β-unsaturated/α-hetero) is 1. The molecule has 41 heavy (non-hydrogen) atoms. The Morgan fingerprint density at radius 3 is 2.51 bits per heavy atom. The van der Waals surface area contributed by atoms with Crippen LogP contribution < -0.4 is 0 Å². The van der Waals surface area contributed by atoms with Crippen molar-refractivity contribution in [2.45, 2.75) is 111 Å². The highest BCUT2D eigenvalue weighted by atomic mass is 16.7. The van der Waals surface area contributed by atoms with Crippen LogP contribution in [0.2, 0.25) is 0 Å². The molecule has 1 saturated heterocycles. The van der Waals surface area contributed by atoms with Gasteiger partial charge in [-0.25, -0.2) is 0 Å². The quantitative estimate of drug-likeness (QED) is 0.362. The Kier molecular flexibility index (Phi) is 6.48. The molecule has 8 nitrogen and oxygen atoms in total. The van der Waals surface area contributed by atoms with E-state index in [0.29, 0.717) is 19.3 Å². The summed E-state index contributed by atoms with van der Waals surface area (Å²) in [6.07, 6.45) is 5.42. The average Bonchev–Trinajstić information content (AvgIpc) is 3.57. The number of aliphatic hydroxyl groups is 1. The van der Waals surface area contributed by atoms with E-state index in [-0.39, 0.29) is 35.9 Å². The Labute approximate surface area is 242 Å². The van der Waals surface area contributed by atoms with Gasteiger partial charge in [-0.3, -0.25) is 14.4 Å². The van der Waals surface area contributed by atoms with Gasteiger partial charge in [-0.2, -0.15) is 0 Å². The summed E-state index contributed by atoms with van der Waals surface area (Å²) in [5, 5.41) is 12.3. The first kappa shape index (κ1) is 28.7. The van der Waals surface area contributed by atoms with E-state index in [4.69, 9.17) is 18.6 Å². The maximum atomic E-state index is 14.5. The van der Waals surface area contributed by atoms with Crippen LogP contribution in [-0.4, -0.2) is 46.9 Å². The number of esters is 2. The largest absolute Gasteiger partial charge is 0.472 e. The van der Waals surface area contributed by atoms with Crippen molar-refractivity contribution in [3.63, 3.8) is 0 Å². The number of carbonyl (C=O) groups excluding carboxylic acids is 3. The number of carbonyl (C=O) groups is 3. The number of hydrogen-bond acceptors (Lipinski definition) is 8. The molecule has 0 aromatic carbocycles. The molecule has 1 N–H and O–H groups in total. The van der Waals surface area contributed by atoms with Gasteiger partial charge in [-0.1, -0.05) is 46.3 Å². The van der Waals surface area contributed by atoms with E-state index in [9.17, 15) is 19.5 Å². The minimum atomic E-state index is -1.85. The normalized spacial score (nSPS) is 45.1. The number of furan rings is 1. The SMILES string of the molecule is CC[C@@H](C)C(=O)O[C@H]1[C@H](OC(C)=O)[C@@]23C[C@@]1(O)OC1C[C@]4(C)C(=CC[C@H]4c4ccoc4)[C@](C)(C(=O)C[C@H]2C(C)C)C13. The van der Waals surface area contributed by atoms with E-state index >= 15 is 0 Å². The minimum Gasteiger partial charge on any atom is -0.472 e. The van der Waals surface area contributed by atoms with Crippen molar-refractivity contribution in [3.05, 3.63) is 35.8 Å². The molecular formula is C33H44O8. The number of allylic oxidation sites excluding steroid dienone is 2. The predicted octanol–water partition coefficient (Wildman–Crippen LogP) is 5.34. The molecule has 6 rings (SSSR count). The van der Waals surface area contributed by atoms with Gasteiger partial charge in [0.1, 0.15) is 5.78 Å². The summed E-state index contributed by atoms with van der Waals surface area (Å²) in [4.78, 5) is 40.4. The Bertz CT molecular complexity index is 1280. The smallest absolute Gasteiger partial charge is 0.309 e. The molecule has 2 heterocycles. The molecule has 1 spiro atoms. The molecular weight excluding hydrogens is 524 g/mol. The molecule has 11 atom stereocenters. The lowest BCUT2D eigenvalue weighted by atomic mass is 9.39. The third kappa shape index (κ3) is 3.68. The fourth-order valence-corrected chi connectivity index (χ4v) is 10.1. The van der Waals surface area contributed by atoms with Gasteiger partial charge in [0.2, 0.25) is 5.79 Å². The van der Waals surface area contributed by atoms with E-state index in [1.54, 1.807) is 19.5 Å². The van der Waals surface area contributed by atoms with Crippen molar-refractivity contribution < 1.29 is 38.1 Å². The molecule has 4 aliphatic carbocycles. The van der Waals surface area contributed by atoms with Gasteiger partial charge < -0.3 is 23.7 Å². The first-order valence-electron chi connectivity index (χ1n) is 15.3. The van der Waals surface area contributed by atoms with Crippen molar-refractivity contribution in [2.75, 3.05) is 0 Å². The van der Waals surface area contributed by atoms with Crippen LogP contribution in [0, 0.1) is 39.9 Å². The fourth-order valence-electron chi connectivity index (χ4n) is 10.1. The van der Waals surface area contributed by atoms with Crippen LogP contribution in [0.5, 0.6) is 0 Å². The lowest BCUT2D eigenvalue weighted by Gasteiger charge is -2.66. The molecule has 1 aromatic heterocycles. The highest BCUT2D eigenvalue weighted by Gasteiger charge is 2.82. The lowest BCUT2D eigenvalue weighted by Crippen LogP contribution is -2.69. The molecule has 2 bridgehead atoms. The average molecular weight is 569 g/mol. The molecule has 5 aliphatic rings. The number of rotatable bonds is 6. The number of ether oxygens (including phenoxy) is 3. The topological polar surface area (TPSA) is 112 Å². The number of fused-ring (bicyclic) bond motifs is 3. The molecule has 3 saturated carbocycles. The summed E-state index contributed by atoms with van der Waals surface area (Å²) in [6, 6.07) is 1.99. The number of ketones is 1. The maximum absolute atomic E-state index is 14.5. The van der Waals surface area contributed by atoms with Gasteiger partial charge in [0, 0.05) is 31.1 Å². The Balaban J connectivity index is 1.55. The summed E-state index contributed by atoms with van der Waals surface area (Å²) in [5.41, 5.74) is 0.0656. The molecule has 2 unspecified atom stereocenters. The van der Waals surface area contributed by atoms with E-state index < -0.39 is 58.2 Å². The first-order valence-corrected chi connectivity index (χ1v) is 15.3. The fraction of sp³-hybridized carbons (Fsp3) is 0.727. The van der Waals surface area contributed by atoms with Crippen molar-refractivity contribution in [1.82, 2.24) is 0 Å². The van der Waals surface area contributed by atoms with Crippen molar-refractivity contribution in [3.8, 4) is 0 Å². The van der Waals surface area contributed by atoms with E-state index in [1.807, 2.05) is 19.9 Å². The lowest BCUT2D eigenvalue weighted by molar-refractivity contribution is -0.323. The highest BCUT2D eigenvalue weighted by molar-refractivity contribution is 5.91. The van der Waals surface area contributed by atoms with Crippen LogP contribution in [0.4, 0.5) is 0 Å². The Morgan fingerprint density at radius 1 is 1.17 bits per heavy atom. The van der Waals surface area contributed by atoms with E-state index in [0.717, 1.165) is 17.6 Å².